The van der Waals surface area contributed by atoms with Crippen LogP contribution in [0.2, 0.25) is 0 Å². The molecule has 1 aliphatic rings. The second-order valence-electron chi connectivity index (χ2n) is 3.69. The van der Waals surface area contributed by atoms with Gasteiger partial charge in [-0.25, -0.2) is 4.79 Å². The second kappa shape index (κ2) is 4.86. The van der Waals surface area contributed by atoms with Crippen molar-refractivity contribution in [2.75, 3.05) is 18.1 Å². The van der Waals surface area contributed by atoms with E-state index in [2.05, 4.69) is 5.32 Å². The van der Waals surface area contributed by atoms with Crippen LogP contribution in [-0.2, 0) is 4.79 Å². The van der Waals surface area contributed by atoms with Crippen LogP contribution in [0, 0.1) is 0 Å². The first-order chi connectivity index (χ1) is 8.20. The van der Waals surface area contributed by atoms with E-state index in [1.54, 1.807) is 6.07 Å². The van der Waals surface area contributed by atoms with E-state index < -0.39 is 0 Å². The maximum absolute atomic E-state index is 11.6. The monoisotopic (exact) mass is 234 g/mol. The summed E-state index contributed by atoms with van der Waals surface area (Å²) in [6.07, 6.45) is 0.324. The average molecular weight is 234 g/mol. The minimum absolute atomic E-state index is 0.229. The second-order valence-corrected chi connectivity index (χ2v) is 3.69. The summed E-state index contributed by atoms with van der Waals surface area (Å²) in [5.74, 6) is 0.488. The van der Waals surface area contributed by atoms with Gasteiger partial charge < -0.3 is 4.74 Å². The molecule has 1 fully saturated rings. The Kier molecular flexibility index (Phi) is 3.27. The smallest absolute Gasteiger partial charge is 0.328 e. The van der Waals surface area contributed by atoms with Crippen LogP contribution >= 0.6 is 0 Å². The van der Waals surface area contributed by atoms with Crippen LogP contribution in [0.3, 0.4) is 0 Å². The molecule has 1 aliphatic heterocycles. The largest absolute Gasteiger partial charge is 0.494 e. The third kappa shape index (κ3) is 2.55. The van der Waals surface area contributed by atoms with Gasteiger partial charge in [0, 0.05) is 24.7 Å². The number of hydrogen-bond acceptors (Lipinski definition) is 3. The summed E-state index contributed by atoms with van der Waals surface area (Å²) in [5.41, 5.74) is 0.737. The Hall–Kier alpha value is -2.04. The number of rotatable bonds is 3. The molecule has 2 rings (SSSR count). The van der Waals surface area contributed by atoms with Crippen LogP contribution < -0.4 is 15.0 Å². The summed E-state index contributed by atoms with van der Waals surface area (Å²) in [7, 11) is 0. The van der Waals surface area contributed by atoms with Gasteiger partial charge in [-0.15, -0.1) is 0 Å². The van der Waals surface area contributed by atoms with Gasteiger partial charge in [0.2, 0.25) is 5.91 Å². The predicted octanol–water partition coefficient (Wildman–Crippen LogP) is 1.53. The van der Waals surface area contributed by atoms with Gasteiger partial charge in [0.15, 0.2) is 0 Å². The molecule has 5 heteroatoms. The minimum atomic E-state index is -0.380. The molecule has 1 saturated heterocycles. The zero-order chi connectivity index (χ0) is 12.3. The Morgan fingerprint density at radius 1 is 1.41 bits per heavy atom. The van der Waals surface area contributed by atoms with E-state index in [1.165, 1.54) is 4.90 Å². The summed E-state index contributed by atoms with van der Waals surface area (Å²) in [6, 6.07) is 6.88. The van der Waals surface area contributed by atoms with E-state index in [1.807, 2.05) is 25.1 Å². The number of benzene rings is 1. The van der Waals surface area contributed by atoms with Crippen molar-refractivity contribution in [1.29, 1.82) is 0 Å². The van der Waals surface area contributed by atoms with Crippen LogP contribution in [0.1, 0.15) is 13.3 Å². The number of anilines is 1. The fraction of sp³-hybridized carbons (Fsp3) is 0.333. The highest BCUT2D eigenvalue weighted by Gasteiger charge is 2.24. The Bertz CT molecular complexity index is 445. The fourth-order valence-corrected chi connectivity index (χ4v) is 1.72. The number of amides is 3. The Balaban J connectivity index is 2.18. The van der Waals surface area contributed by atoms with E-state index >= 15 is 0 Å². The first-order valence-electron chi connectivity index (χ1n) is 5.55. The zero-order valence-electron chi connectivity index (χ0n) is 9.60. The van der Waals surface area contributed by atoms with Gasteiger partial charge in [0.25, 0.3) is 0 Å². The number of nitrogens with zero attached hydrogens (tertiary/aromatic N) is 1. The maximum Gasteiger partial charge on any atom is 0.328 e. The van der Waals surface area contributed by atoms with Crippen LogP contribution in [0.4, 0.5) is 10.5 Å². The van der Waals surface area contributed by atoms with Crippen molar-refractivity contribution in [2.45, 2.75) is 13.3 Å². The highest BCUT2D eigenvalue weighted by molar-refractivity contribution is 6.05. The van der Waals surface area contributed by atoms with E-state index in [4.69, 9.17) is 4.74 Å². The first kappa shape index (κ1) is 11.4. The molecule has 0 atom stereocenters. The molecule has 1 aromatic carbocycles. The molecular weight excluding hydrogens is 220 g/mol. The molecule has 0 unspecified atom stereocenters. The van der Waals surface area contributed by atoms with Crippen molar-refractivity contribution >= 4 is 17.6 Å². The molecular formula is C12H14N2O3. The minimum Gasteiger partial charge on any atom is -0.494 e. The lowest BCUT2D eigenvalue weighted by atomic mass is 10.2. The van der Waals surface area contributed by atoms with Gasteiger partial charge in [-0.1, -0.05) is 6.07 Å². The lowest BCUT2D eigenvalue weighted by Gasteiger charge is -2.26. The molecule has 1 heterocycles. The molecule has 90 valence electrons. The first-order valence-corrected chi connectivity index (χ1v) is 5.55. The van der Waals surface area contributed by atoms with Crippen LogP contribution in [-0.4, -0.2) is 25.1 Å². The van der Waals surface area contributed by atoms with Crippen molar-refractivity contribution in [3.05, 3.63) is 24.3 Å². The van der Waals surface area contributed by atoms with Gasteiger partial charge in [0.05, 0.1) is 6.61 Å². The van der Waals surface area contributed by atoms with Crippen molar-refractivity contribution < 1.29 is 14.3 Å². The van der Waals surface area contributed by atoms with Crippen LogP contribution in [0.25, 0.3) is 0 Å². The van der Waals surface area contributed by atoms with Gasteiger partial charge >= 0.3 is 6.03 Å². The lowest BCUT2D eigenvalue weighted by Crippen LogP contribution is -2.49. The van der Waals surface area contributed by atoms with E-state index in [-0.39, 0.29) is 11.9 Å². The number of carbonyl (C=O) groups excluding carboxylic acids is 2. The molecule has 17 heavy (non-hydrogen) atoms. The molecule has 3 amide bonds. The quantitative estimate of drug-likeness (QED) is 0.862. The maximum atomic E-state index is 11.6. The number of ether oxygens (including phenoxy) is 1. The topological polar surface area (TPSA) is 58.6 Å². The highest BCUT2D eigenvalue weighted by atomic mass is 16.5. The molecule has 0 aromatic heterocycles. The molecule has 0 spiro atoms. The molecule has 1 N–H and O–H groups in total. The third-order valence-corrected chi connectivity index (χ3v) is 2.49. The SMILES string of the molecule is CCOc1cccc(N2CCC(=O)NC2=O)c1. The van der Waals surface area contributed by atoms with Crippen molar-refractivity contribution in [2.24, 2.45) is 0 Å². The van der Waals surface area contributed by atoms with Crippen LogP contribution in [0.15, 0.2) is 24.3 Å². The molecule has 0 bridgehead atoms. The predicted molar refractivity (Wildman–Crippen MR) is 63.1 cm³/mol. The lowest BCUT2D eigenvalue weighted by molar-refractivity contribution is -0.120. The summed E-state index contributed by atoms with van der Waals surface area (Å²) in [6.45, 7) is 2.88. The number of hydrogen-bond donors (Lipinski definition) is 1. The molecule has 0 aliphatic carbocycles. The molecule has 5 nitrogen and oxygen atoms in total. The number of carbonyl (C=O) groups is 2. The standard InChI is InChI=1S/C12H14N2O3/c1-2-17-10-5-3-4-9(8-10)14-7-6-11(15)13-12(14)16/h3-5,8H,2,6-7H2,1H3,(H,13,15,16). The number of urea groups is 1. The third-order valence-electron chi connectivity index (χ3n) is 2.49. The summed E-state index contributed by atoms with van der Waals surface area (Å²) < 4.78 is 5.37. The Labute approximate surface area is 99.4 Å². The summed E-state index contributed by atoms with van der Waals surface area (Å²) >= 11 is 0. The Morgan fingerprint density at radius 3 is 2.94 bits per heavy atom. The number of imide groups is 1. The Morgan fingerprint density at radius 2 is 2.24 bits per heavy atom. The van der Waals surface area contributed by atoms with Crippen molar-refractivity contribution in [3.63, 3.8) is 0 Å². The highest BCUT2D eigenvalue weighted by Crippen LogP contribution is 2.22. The fourth-order valence-electron chi connectivity index (χ4n) is 1.72. The van der Waals surface area contributed by atoms with Gasteiger partial charge in [-0.3, -0.25) is 15.0 Å². The van der Waals surface area contributed by atoms with Gasteiger partial charge in [-0.05, 0) is 19.1 Å². The summed E-state index contributed by atoms with van der Waals surface area (Å²) in [5, 5.41) is 2.29. The van der Waals surface area contributed by atoms with Crippen LogP contribution in [0.5, 0.6) is 5.75 Å². The van der Waals surface area contributed by atoms with E-state index in [0.29, 0.717) is 19.6 Å². The normalized spacial score (nSPS) is 15.7. The number of nitrogens with one attached hydrogen (secondary N) is 1. The van der Waals surface area contributed by atoms with Gasteiger partial charge in [-0.2, -0.15) is 0 Å². The summed E-state index contributed by atoms with van der Waals surface area (Å²) in [4.78, 5) is 24.2. The van der Waals surface area contributed by atoms with Crippen molar-refractivity contribution in [1.82, 2.24) is 5.32 Å². The van der Waals surface area contributed by atoms with Gasteiger partial charge in [0.1, 0.15) is 5.75 Å². The van der Waals surface area contributed by atoms with E-state index in [0.717, 1.165) is 11.4 Å². The van der Waals surface area contributed by atoms with E-state index in [9.17, 15) is 9.59 Å². The molecule has 1 aromatic rings. The molecule has 0 saturated carbocycles. The molecule has 0 radical (unpaired) electrons. The van der Waals surface area contributed by atoms with Crippen molar-refractivity contribution in [3.8, 4) is 5.75 Å². The average Bonchev–Trinajstić information content (AvgIpc) is 2.29. The zero-order valence-corrected chi connectivity index (χ0v) is 9.60.